The van der Waals surface area contributed by atoms with Gasteiger partial charge in [0.05, 0.1) is 19.2 Å². The molecule has 1 aliphatic rings. The maximum Gasteiger partial charge on any atom is 0.191 e. The van der Waals surface area contributed by atoms with Gasteiger partial charge in [0.2, 0.25) is 0 Å². The molecule has 1 saturated heterocycles. The van der Waals surface area contributed by atoms with E-state index in [-0.39, 0.29) is 6.04 Å². The summed E-state index contributed by atoms with van der Waals surface area (Å²) in [6.07, 6.45) is 3.78. The van der Waals surface area contributed by atoms with Crippen LogP contribution in [0.15, 0.2) is 41.7 Å². The monoisotopic (exact) mass is 441 g/mol. The zero-order valence-electron chi connectivity index (χ0n) is 19.8. The molecule has 8 heteroatoms. The first-order valence-electron chi connectivity index (χ1n) is 12.0. The van der Waals surface area contributed by atoms with Crippen LogP contribution in [0.4, 0.5) is 0 Å². The summed E-state index contributed by atoms with van der Waals surface area (Å²) >= 11 is 0. The number of nitrogens with zero attached hydrogens (tertiary/aromatic N) is 5. The van der Waals surface area contributed by atoms with Gasteiger partial charge in [-0.2, -0.15) is 0 Å². The van der Waals surface area contributed by atoms with Gasteiger partial charge >= 0.3 is 0 Å². The van der Waals surface area contributed by atoms with E-state index in [0.29, 0.717) is 12.5 Å². The van der Waals surface area contributed by atoms with Crippen LogP contribution in [-0.4, -0.2) is 71.6 Å². The molecule has 0 saturated carbocycles. The first-order chi connectivity index (χ1) is 15.7. The molecule has 0 amide bonds. The summed E-state index contributed by atoms with van der Waals surface area (Å²) in [4.78, 5) is 7.48. The molecule has 1 aliphatic heterocycles. The molecular weight excluding hydrogens is 402 g/mol. The maximum atomic E-state index is 5.54. The number of hydrogen-bond acceptors (Lipinski definition) is 5. The minimum absolute atomic E-state index is 0.254. The third-order valence-corrected chi connectivity index (χ3v) is 6.10. The normalized spacial score (nSPS) is 17.6. The Labute approximate surface area is 192 Å². The first kappa shape index (κ1) is 24.2. The van der Waals surface area contributed by atoms with Gasteiger partial charge in [-0.05, 0) is 25.1 Å². The van der Waals surface area contributed by atoms with E-state index in [2.05, 4.69) is 81.4 Å². The fourth-order valence-electron chi connectivity index (χ4n) is 4.14. The van der Waals surface area contributed by atoms with Crippen molar-refractivity contribution < 1.29 is 4.74 Å². The summed E-state index contributed by atoms with van der Waals surface area (Å²) in [6.45, 7) is 13.4. The number of aryl methyl sites for hydroxylation is 1. The van der Waals surface area contributed by atoms with Crippen LogP contribution in [0.3, 0.4) is 0 Å². The summed E-state index contributed by atoms with van der Waals surface area (Å²) in [6, 6.07) is 10.9. The van der Waals surface area contributed by atoms with Crippen molar-refractivity contribution in [3.63, 3.8) is 0 Å². The number of rotatable bonds is 12. The van der Waals surface area contributed by atoms with Gasteiger partial charge in [-0.3, -0.25) is 9.89 Å². The van der Waals surface area contributed by atoms with E-state index in [9.17, 15) is 0 Å². The van der Waals surface area contributed by atoms with Gasteiger partial charge in [-0.15, -0.1) is 10.2 Å². The number of aliphatic imine (C=N–C) groups is 1. The van der Waals surface area contributed by atoms with Crippen LogP contribution in [-0.2, 0) is 17.7 Å². The second kappa shape index (κ2) is 13.2. The summed E-state index contributed by atoms with van der Waals surface area (Å²) in [7, 11) is 0. The van der Waals surface area contributed by atoms with Crippen LogP contribution in [0.2, 0.25) is 0 Å². The molecule has 0 bridgehead atoms. The van der Waals surface area contributed by atoms with Crippen molar-refractivity contribution in [2.24, 2.45) is 10.9 Å². The van der Waals surface area contributed by atoms with Crippen LogP contribution in [0.5, 0.6) is 0 Å². The molecule has 1 aromatic heterocycles. The van der Waals surface area contributed by atoms with E-state index in [1.54, 1.807) is 6.33 Å². The van der Waals surface area contributed by atoms with Gasteiger partial charge < -0.3 is 19.9 Å². The molecule has 0 aliphatic carbocycles. The zero-order chi connectivity index (χ0) is 22.6. The Kier molecular flexibility index (Phi) is 9.97. The number of benzene rings is 1. The number of hydrogen-bond donors (Lipinski definition) is 2. The van der Waals surface area contributed by atoms with E-state index < -0.39 is 0 Å². The van der Waals surface area contributed by atoms with Crippen molar-refractivity contribution in [2.75, 3.05) is 45.9 Å². The molecule has 0 spiro atoms. The zero-order valence-corrected chi connectivity index (χ0v) is 19.8. The molecule has 1 aromatic carbocycles. The average Bonchev–Trinajstić information content (AvgIpc) is 3.52. The van der Waals surface area contributed by atoms with E-state index >= 15 is 0 Å². The molecule has 3 rings (SSSR count). The fourth-order valence-corrected chi connectivity index (χ4v) is 4.14. The third kappa shape index (κ3) is 7.03. The molecule has 1 fully saturated rings. The van der Waals surface area contributed by atoms with E-state index in [1.807, 2.05) is 0 Å². The Hall–Kier alpha value is -2.45. The molecule has 8 nitrogen and oxygen atoms in total. The molecule has 2 heterocycles. The quantitative estimate of drug-likeness (QED) is 0.389. The number of guanidine groups is 1. The average molecular weight is 442 g/mol. The van der Waals surface area contributed by atoms with Gasteiger partial charge in [-0.25, -0.2) is 0 Å². The second-order valence-corrected chi connectivity index (χ2v) is 8.17. The van der Waals surface area contributed by atoms with Crippen LogP contribution in [0.1, 0.15) is 44.6 Å². The van der Waals surface area contributed by atoms with Crippen molar-refractivity contribution in [1.29, 1.82) is 0 Å². The fraction of sp³-hybridized carbons (Fsp3) is 0.625. The number of nitrogens with one attached hydrogen (secondary N) is 2. The van der Waals surface area contributed by atoms with Gasteiger partial charge in [-0.1, -0.05) is 51.1 Å². The molecular formula is C24H39N7O. The minimum Gasteiger partial charge on any atom is -0.381 e. The second-order valence-electron chi connectivity index (χ2n) is 8.17. The first-order valence-corrected chi connectivity index (χ1v) is 12.0. The molecule has 2 atom stereocenters. The summed E-state index contributed by atoms with van der Waals surface area (Å²) in [5, 5.41) is 15.3. The Morgan fingerprint density at radius 3 is 2.72 bits per heavy atom. The summed E-state index contributed by atoms with van der Waals surface area (Å²) in [5.74, 6) is 2.40. The molecule has 2 unspecified atom stereocenters. The van der Waals surface area contributed by atoms with Gasteiger partial charge in [0.25, 0.3) is 0 Å². The molecule has 2 aromatic rings. The Balaban J connectivity index is 1.67. The highest BCUT2D eigenvalue weighted by molar-refractivity contribution is 5.79. The standard InChI is InChI=1S/C24H39N7O/c1-4-23-29-28-19-31(23)14-13-25-24(26-16-20-12-15-32-18-20)27-17-22(30(5-2)6-3)21-10-8-7-9-11-21/h7-11,19-20,22H,4-6,12-18H2,1-3H3,(H2,25,26,27). The minimum atomic E-state index is 0.254. The molecule has 32 heavy (non-hydrogen) atoms. The molecule has 176 valence electrons. The van der Waals surface area contributed by atoms with Crippen molar-refractivity contribution in [3.05, 3.63) is 48.0 Å². The SMILES string of the molecule is CCc1nncn1CCNC(=NCC(c1ccccc1)N(CC)CC)NCC1CCOC1. The van der Waals surface area contributed by atoms with Crippen LogP contribution in [0.25, 0.3) is 0 Å². The van der Waals surface area contributed by atoms with Crippen molar-refractivity contribution in [3.8, 4) is 0 Å². The van der Waals surface area contributed by atoms with Crippen molar-refractivity contribution >= 4 is 5.96 Å². The lowest BCUT2D eigenvalue weighted by Crippen LogP contribution is -2.42. The summed E-state index contributed by atoms with van der Waals surface area (Å²) in [5.41, 5.74) is 1.31. The van der Waals surface area contributed by atoms with Crippen molar-refractivity contribution in [1.82, 2.24) is 30.3 Å². The van der Waals surface area contributed by atoms with E-state index in [0.717, 1.165) is 70.6 Å². The Morgan fingerprint density at radius 2 is 2.03 bits per heavy atom. The molecule has 2 N–H and O–H groups in total. The highest BCUT2D eigenvalue weighted by Gasteiger charge is 2.19. The molecule has 0 radical (unpaired) electrons. The topological polar surface area (TPSA) is 79.6 Å². The van der Waals surface area contributed by atoms with E-state index in [4.69, 9.17) is 9.73 Å². The summed E-state index contributed by atoms with van der Waals surface area (Å²) < 4.78 is 7.63. The van der Waals surface area contributed by atoms with E-state index in [1.165, 1.54) is 5.56 Å². The lowest BCUT2D eigenvalue weighted by molar-refractivity contribution is 0.186. The highest BCUT2D eigenvalue weighted by atomic mass is 16.5. The largest absolute Gasteiger partial charge is 0.381 e. The predicted octanol–water partition coefficient (Wildman–Crippen LogP) is 2.50. The highest BCUT2D eigenvalue weighted by Crippen LogP contribution is 2.20. The lowest BCUT2D eigenvalue weighted by atomic mass is 10.1. The van der Waals surface area contributed by atoms with Gasteiger partial charge in [0.15, 0.2) is 5.96 Å². The number of aromatic nitrogens is 3. The van der Waals surface area contributed by atoms with Crippen LogP contribution in [0, 0.1) is 5.92 Å². The van der Waals surface area contributed by atoms with Gasteiger partial charge in [0, 0.05) is 38.6 Å². The van der Waals surface area contributed by atoms with Gasteiger partial charge in [0.1, 0.15) is 12.2 Å². The number of ether oxygens (including phenoxy) is 1. The smallest absolute Gasteiger partial charge is 0.191 e. The van der Waals surface area contributed by atoms with Crippen LogP contribution < -0.4 is 10.6 Å². The number of likely N-dealkylation sites (N-methyl/N-ethyl adjacent to an activating group) is 1. The Bertz CT molecular complexity index is 798. The Morgan fingerprint density at radius 1 is 1.22 bits per heavy atom. The van der Waals surface area contributed by atoms with Crippen LogP contribution >= 0.6 is 0 Å². The van der Waals surface area contributed by atoms with Crippen molar-refractivity contribution in [2.45, 2.75) is 46.2 Å². The maximum absolute atomic E-state index is 5.54. The third-order valence-electron chi connectivity index (χ3n) is 6.10. The predicted molar refractivity (Wildman–Crippen MR) is 129 cm³/mol. The lowest BCUT2D eigenvalue weighted by Gasteiger charge is -2.29.